The Balaban J connectivity index is 1.60. The first-order valence-corrected chi connectivity index (χ1v) is 9.74. The summed E-state index contributed by atoms with van der Waals surface area (Å²) in [7, 11) is 0. The molecule has 2 amide bonds. The molecule has 3 aromatic rings. The van der Waals surface area contributed by atoms with Crippen LogP contribution in [0, 0.1) is 12.7 Å². The van der Waals surface area contributed by atoms with E-state index in [-0.39, 0.29) is 23.3 Å². The fraction of sp³-hybridized carbons (Fsp3) is 0.182. The number of anilines is 1. The molecule has 4 nitrogen and oxygen atoms in total. The van der Waals surface area contributed by atoms with Crippen molar-refractivity contribution in [3.05, 3.63) is 87.4 Å². The summed E-state index contributed by atoms with van der Waals surface area (Å²) in [5.41, 5.74) is 1.70. The van der Waals surface area contributed by atoms with Crippen molar-refractivity contribution in [3.8, 4) is 0 Å². The maximum absolute atomic E-state index is 13.3. The summed E-state index contributed by atoms with van der Waals surface area (Å²) >= 11 is 1.62. The van der Waals surface area contributed by atoms with Crippen molar-refractivity contribution in [3.63, 3.8) is 0 Å². The van der Waals surface area contributed by atoms with Crippen LogP contribution in [-0.4, -0.2) is 11.8 Å². The summed E-state index contributed by atoms with van der Waals surface area (Å²) in [4.78, 5) is 26.9. The van der Waals surface area contributed by atoms with Gasteiger partial charge in [-0.2, -0.15) is 0 Å². The molecular weight excluding hydrogens is 375 g/mol. The molecule has 28 heavy (non-hydrogen) atoms. The molecule has 2 N–H and O–H groups in total. The first kappa shape index (κ1) is 19.8. The molecule has 0 fully saturated rings. The Morgan fingerprint density at radius 2 is 1.86 bits per heavy atom. The highest BCUT2D eigenvalue weighted by Gasteiger charge is 2.16. The Bertz CT molecular complexity index is 999. The largest absolute Gasteiger partial charge is 0.351 e. The van der Waals surface area contributed by atoms with Gasteiger partial charge in [0.15, 0.2) is 0 Å². The van der Waals surface area contributed by atoms with E-state index in [1.54, 1.807) is 35.6 Å². The average molecular weight is 396 g/mol. The Morgan fingerprint density at radius 3 is 2.57 bits per heavy atom. The summed E-state index contributed by atoms with van der Waals surface area (Å²) in [6, 6.07) is 16.7. The van der Waals surface area contributed by atoms with Gasteiger partial charge in [-0.15, -0.1) is 11.3 Å². The zero-order valence-electron chi connectivity index (χ0n) is 15.7. The summed E-state index contributed by atoms with van der Waals surface area (Å²) in [5.74, 6) is -1.10. The minimum absolute atomic E-state index is 0.0453. The second-order valence-electron chi connectivity index (χ2n) is 6.55. The lowest BCUT2D eigenvalue weighted by Crippen LogP contribution is -2.27. The third-order valence-corrected chi connectivity index (χ3v) is 5.50. The second kappa shape index (κ2) is 8.80. The number of amides is 2. The molecule has 1 heterocycles. The van der Waals surface area contributed by atoms with Crippen LogP contribution in [-0.2, 0) is 11.3 Å². The molecule has 0 saturated carbocycles. The third kappa shape index (κ3) is 5.04. The van der Waals surface area contributed by atoms with Gasteiger partial charge < -0.3 is 10.6 Å². The average Bonchev–Trinajstić information content (AvgIpc) is 3.12. The van der Waals surface area contributed by atoms with Gasteiger partial charge in [0.05, 0.1) is 5.92 Å². The van der Waals surface area contributed by atoms with Crippen molar-refractivity contribution >= 4 is 28.8 Å². The predicted octanol–water partition coefficient (Wildman–Crippen LogP) is 4.87. The minimum atomic E-state index is -0.459. The van der Waals surface area contributed by atoms with Gasteiger partial charge in [-0.3, -0.25) is 9.59 Å². The van der Waals surface area contributed by atoms with Crippen molar-refractivity contribution in [1.29, 1.82) is 0 Å². The van der Waals surface area contributed by atoms with E-state index in [0.717, 1.165) is 10.4 Å². The fourth-order valence-electron chi connectivity index (χ4n) is 2.75. The monoisotopic (exact) mass is 396 g/mol. The zero-order valence-corrected chi connectivity index (χ0v) is 16.5. The van der Waals surface area contributed by atoms with Crippen LogP contribution in [0.1, 0.15) is 38.5 Å². The van der Waals surface area contributed by atoms with Crippen LogP contribution >= 0.6 is 11.3 Å². The van der Waals surface area contributed by atoms with Gasteiger partial charge in [0.25, 0.3) is 5.91 Å². The van der Waals surface area contributed by atoms with Gasteiger partial charge in [0, 0.05) is 27.5 Å². The minimum Gasteiger partial charge on any atom is -0.351 e. The molecule has 0 aliphatic heterocycles. The van der Waals surface area contributed by atoms with Gasteiger partial charge in [-0.1, -0.05) is 18.2 Å². The first-order valence-electron chi connectivity index (χ1n) is 8.92. The van der Waals surface area contributed by atoms with E-state index in [0.29, 0.717) is 12.2 Å². The highest BCUT2D eigenvalue weighted by molar-refractivity contribution is 7.12. The van der Waals surface area contributed by atoms with E-state index in [1.165, 1.54) is 23.1 Å². The highest BCUT2D eigenvalue weighted by Crippen LogP contribution is 2.24. The van der Waals surface area contributed by atoms with Crippen molar-refractivity contribution in [2.45, 2.75) is 26.3 Å². The maximum atomic E-state index is 13.3. The molecule has 0 spiro atoms. The summed E-state index contributed by atoms with van der Waals surface area (Å²) in [6.45, 7) is 4.26. The smallest absolute Gasteiger partial charge is 0.255 e. The Labute approximate surface area is 167 Å². The van der Waals surface area contributed by atoms with Crippen molar-refractivity contribution in [2.75, 3.05) is 5.32 Å². The molecule has 0 bridgehead atoms. The normalized spacial score (nSPS) is 11.7. The van der Waals surface area contributed by atoms with Crippen LogP contribution in [0.25, 0.3) is 0 Å². The number of carbonyl (C=O) groups is 2. The van der Waals surface area contributed by atoms with E-state index in [9.17, 15) is 14.0 Å². The molecule has 6 heteroatoms. The lowest BCUT2D eigenvalue weighted by atomic mass is 10.1. The topological polar surface area (TPSA) is 58.2 Å². The fourth-order valence-corrected chi connectivity index (χ4v) is 3.68. The summed E-state index contributed by atoms with van der Waals surface area (Å²) in [5, 5.41) is 5.68. The van der Waals surface area contributed by atoms with E-state index >= 15 is 0 Å². The number of hydrogen-bond donors (Lipinski definition) is 2. The number of benzene rings is 2. The SMILES string of the molecule is Cc1ccc([C@H](C)C(=O)NCc2cccc(NC(=O)c3cccc(F)c3)c2)s1. The van der Waals surface area contributed by atoms with E-state index in [2.05, 4.69) is 10.6 Å². The second-order valence-corrected chi connectivity index (χ2v) is 7.87. The number of rotatable bonds is 6. The third-order valence-electron chi connectivity index (χ3n) is 4.32. The van der Waals surface area contributed by atoms with E-state index in [1.807, 2.05) is 32.0 Å². The van der Waals surface area contributed by atoms with Crippen molar-refractivity contribution < 1.29 is 14.0 Å². The van der Waals surface area contributed by atoms with Crippen LogP contribution in [0.3, 0.4) is 0 Å². The maximum Gasteiger partial charge on any atom is 0.255 e. The molecule has 0 aliphatic rings. The number of nitrogens with one attached hydrogen (secondary N) is 2. The molecule has 1 atom stereocenters. The first-order chi connectivity index (χ1) is 13.4. The molecule has 0 aliphatic carbocycles. The van der Waals surface area contributed by atoms with Crippen LogP contribution < -0.4 is 10.6 Å². The molecule has 3 rings (SSSR count). The highest BCUT2D eigenvalue weighted by atomic mass is 32.1. The lowest BCUT2D eigenvalue weighted by Gasteiger charge is -2.12. The van der Waals surface area contributed by atoms with Crippen molar-refractivity contribution in [2.24, 2.45) is 0 Å². The number of halogens is 1. The molecular formula is C22H21FN2O2S. The lowest BCUT2D eigenvalue weighted by molar-refractivity contribution is -0.122. The Kier molecular flexibility index (Phi) is 6.21. The van der Waals surface area contributed by atoms with Crippen LogP contribution in [0.2, 0.25) is 0 Å². The Morgan fingerprint density at radius 1 is 1.07 bits per heavy atom. The molecule has 2 aromatic carbocycles. The molecule has 0 saturated heterocycles. The number of thiophene rings is 1. The van der Waals surface area contributed by atoms with E-state index in [4.69, 9.17) is 0 Å². The number of carbonyl (C=O) groups excluding carboxylic acids is 2. The number of aryl methyl sites for hydroxylation is 1. The quantitative estimate of drug-likeness (QED) is 0.625. The summed E-state index contributed by atoms with van der Waals surface area (Å²) < 4.78 is 13.3. The van der Waals surface area contributed by atoms with Crippen LogP contribution in [0.15, 0.2) is 60.7 Å². The zero-order chi connectivity index (χ0) is 20.1. The van der Waals surface area contributed by atoms with Gasteiger partial charge in [0.2, 0.25) is 5.91 Å². The molecule has 0 radical (unpaired) electrons. The van der Waals surface area contributed by atoms with E-state index < -0.39 is 5.82 Å². The number of hydrogen-bond acceptors (Lipinski definition) is 3. The van der Waals surface area contributed by atoms with Gasteiger partial charge in [-0.05, 0) is 61.9 Å². The van der Waals surface area contributed by atoms with Gasteiger partial charge in [0.1, 0.15) is 5.82 Å². The molecule has 0 unspecified atom stereocenters. The standard InChI is InChI=1S/C22H21FN2O2S/c1-14-9-10-20(28-14)15(2)21(26)24-13-16-5-3-8-19(11-16)25-22(27)17-6-4-7-18(23)12-17/h3-12,15H,13H2,1-2H3,(H,24,26)(H,25,27)/t15-/m0/s1. The van der Waals surface area contributed by atoms with Gasteiger partial charge >= 0.3 is 0 Å². The van der Waals surface area contributed by atoms with Crippen molar-refractivity contribution in [1.82, 2.24) is 5.32 Å². The molecule has 144 valence electrons. The summed E-state index contributed by atoms with van der Waals surface area (Å²) in [6.07, 6.45) is 0. The predicted molar refractivity (Wildman–Crippen MR) is 110 cm³/mol. The van der Waals surface area contributed by atoms with Crippen LogP contribution in [0.5, 0.6) is 0 Å². The van der Waals surface area contributed by atoms with Gasteiger partial charge in [-0.25, -0.2) is 4.39 Å². The molecule has 1 aromatic heterocycles. The van der Waals surface area contributed by atoms with Crippen LogP contribution in [0.4, 0.5) is 10.1 Å². The Hall–Kier alpha value is -2.99.